The number of phenolic OH excluding ortho intramolecular Hbond substituents is 1. The average molecular weight is 1250 g/mol. The lowest BCUT2D eigenvalue weighted by Gasteiger charge is -2.10. The number of alkyl halides is 2. The zero-order chi connectivity index (χ0) is 54.0. The molecule has 0 radical (unpaired) electrons. The number of hydrogen-bond donors (Lipinski definition) is 5. The van der Waals surface area contributed by atoms with E-state index in [9.17, 15) is 24.3 Å². The molecule has 10 rings (SSSR count). The van der Waals surface area contributed by atoms with Crippen LogP contribution in [-0.2, 0) is 25.9 Å². The number of aromatic hydroxyl groups is 1. The Morgan fingerprint density at radius 1 is 0.579 bits per heavy atom. The number of carbonyl (C=O) groups is 4. The van der Waals surface area contributed by atoms with Crippen molar-refractivity contribution in [3.05, 3.63) is 226 Å². The van der Waals surface area contributed by atoms with Crippen LogP contribution in [0.3, 0.4) is 0 Å². The van der Waals surface area contributed by atoms with Crippen LogP contribution in [0.4, 0.5) is 11.4 Å². The van der Waals surface area contributed by atoms with Crippen LogP contribution in [0.25, 0.3) is 0 Å². The molecule has 4 amide bonds. The van der Waals surface area contributed by atoms with Crippen LogP contribution in [-0.4, -0.2) is 54.3 Å². The number of fused-ring (bicyclic) bond motifs is 4. The first-order chi connectivity index (χ1) is 36.8. The zero-order valence-electron chi connectivity index (χ0n) is 40.4. The highest BCUT2D eigenvalue weighted by Gasteiger charge is 2.23. The minimum atomic E-state index is -0.287. The second-order valence-electron chi connectivity index (χ2n) is 16.4. The second-order valence-corrected chi connectivity index (χ2v) is 23.7. The van der Waals surface area contributed by atoms with Gasteiger partial charge in [-0.25, -0.2) is 0 Å². The normalized spacial score (nSPS) is 11.4. The molecule has 76 heavy (non-hydrogen) atoms. The molecule has 2 aliphatic rings. The standard InChI is InChI=1S/C28H23N3O4.C27H21N3O4.CH2Cl2.BBr3/c1-34-22-11-7-18(8-12-22)14-21-10-6-19(16-29-21)17-30-27(32)20-9-13-26-24(15-20)31-28(33)23-4-2-3-5-25(23)35-26;31-21-10-6-17(7-11-21)13-20-9-5-18(15-28-20)16-29-26(32)19-8-12-25-23(14-19)30-27(33)22-3-1-2-4-24(22)34-25;2-1-3;2-1(3)4/h2-13,15-16H,14,17H2,1H3,(H,30,32)(H,31,33);1-12,14-15,31H,13,16H2,(H,29,32)(H,30,33);1H2;. The number of benzene rings is 6. The highest BCUT2D eigenvalue weighted by molar-refractivity contribution is 9.69. The molecule has 5 N–H and O–H groups in total. The molecule has 2 aliphatic heterocycles. The van der Waals surface area contributed by atoms with Gasteiger partial charge in [0.15, 0.2) is 11.5 Å². The summed E-state index contributed by atoms with van der Waals surface area (Å²) in [6.45, 7) is 0.650. The number of anilines is 2. The minimum absolute atomic E-state index is 0.194. The predicted octanol–water partition coefficient (Wildman–Crippen LogP) is 13.2. The van der Waals surface area contributed by atoms with E-state index >= 15 is 0 Å². The van der Waals surface area contributed by atoms with Crippen molar-refractivity contribution < 1.29 is 38.5 Å². The molecule has 0 bridgehead atoms. The molecular weight excluding hydrogens is 1210 g/mol. The Bertz CT molecular complexity index is 3290. The number of phenols is 1. The molecule has 0 fully saturated rings. The Morgan fingerprint density at radius 3 is 1.37 bits per heavy atom. The van der Waals surface area contributed by atoms with Crippen LogP contribution in [0.5, 0.6) is 34.5 Å². The van der Waals surface area contributed by atoms with E-state index in [4.69, 9.17) is 37.4 Å². The van der Waals surface area contributed by atoms with E-state index in [-0.39, 0.29) is 37.9 Å². The Kier molecular flexibility index (Phi) is 20.9. The summed E-state index contributed by atoms with van der Waals surface area (Å²) in [4.78, 5) is 59.5. The van der Waals surface area contributed by atoms with E-state index in [0.29, 0.717) is 82.6 Å². The van der Waals surface area contributed by atoms with Crippen molar-refractivity contribution in [2.45, 2.75) is 25.9 Å². The number of carbonyl (C=O) groups excluding carboxylic acids is 4. The fourth-order valence-corrected chi connectivity index (χ4v) is 7.49. The quantitative estimate of drug-likeness (QED) is 0.0615. The van der Waals surface area contributed by atoms with Crippen LogP contribution in [0.2, 0.25) is 0 Å². The Balaban J connectivity index is 0.000000197. The molecule has 0 aliphatic carbocycles. The van der Waals surface area contributed by atoms with Crippen molar-refractivity contribution in [1.82, 2.24) is 20.6 Å². The number of para-hydroxylation sites is 2. The molecule has 4 heterocycles. The van der Waals surface area contributed by atoms with Crippen molar-refractivity contribution in [2.75, 3.05) is 23.1 Å². The van der Waals surface area contributed by atoms with Gasteiger partial charge in [-0.2, -0.15) is 0 Å². The lowest BCUT2D eigenvalue weighted by atomic mass is 10.1. The van der Waals surface area contributed by atoms with Gasteiger partial charge in [-0.15, -0.1) is 70.5 Å². The van der Waals surface area contributed by atoms with E-state index in [1.54, 1.807) is 117 Å². The Labute approximate surface area is 473 Å². The van der Waals surface area contributed by atoms with Crippen LogP contribution in [0.15, 0.2) is 170 Å². The first-order valence-electron chi connectivity index (χ1n) is 23.1. The van der Waals surface area contributed by atoms with Crippen LogP contribution in [0.1, 0.15) is 75.1 Å². The van der Waals surface area contributed by atoms with E-state index in [1.807, 2.05) is 60.7 Å². The van der Waals surface area contributed by atoms with Gasteiger partial charge in [-0.3, -0.25) is 29.1 Å². The number of methoxy groups -OCH3 is 1. The van der Waals surface area contributed by atoms with Crippen molar-refractivity contribution in [1.29, 1.82) is 0 Å². The third kappa shape index (κ3) is 16.4. The maximum atomic E-state index is 12.8. The number of amides is 4. The van der Waals surface area contributed by atoms with E-state index in [1.165, 1.54) is 0 Å². The Hall–Kier alpha value is -7.22. The molecule has 386 valence electrons. The van der Waals surface area contributed by atoms with Gasteiger partial charge in [0.25, 0.3) is 23.6 Å². The fourth-order valence-electron chi connectivity index (χ4n) is 7.49. The molecule has 8 aromatic rings. The van der Waals surface area contributed by atoms with E-state index in [0.717, 1.165) is 39.4 Å². The first kappa shape index (κ1) is 56.5. The molecule has 0 saturated carbocycles. The number of ether oxygens (including phenoxy) is 3. The van der Waals surface area contributed by atoms with Gasteiger partial charge in [0, 0.05) is 60.8 Å². The van der Waals surface area contributed by atoms with Crippen molar-refractivity contribution in [3.63, 3.8) is 0 Å². The maximum absolute atomic E-state index is 12.8. The number of hydrogen-bond acceptors (Lipinski definition) is 10. The molecule has 0 saturated heterocycles. The molecule has 0 spiro atoms. The number of rotatable bonds is 11. The molecule has 20 heteroatoms. The molecular formula is C56H46BBr3Cl2N6O8. The minimum Gasteiger partial charge on any atom is -0.508 e. The largest absolute Gasteiger partial charge is 0.508 e. The van der Waals surface area contributed by atoms with Crippen molar-refractivity contribution >= 4 is 109 Å². The summed E-state index contributed by atoms with van der Waals surface area (Å²) in [6, 6.07) is 46.6. The van der Waals surface area contributed by atoms with Crippen LogP contribution in [0, 0.1) is 0 Å². The third-order valence-corrected chi connectivity index (χ3v) is 11.2. The van der Waals surface area contributed by atoms with Gasteiger partial charge < -0.3 is 40.6 Å². The fraction of sp³-hybridized carbons (Fsp3) is 0.107. The van der Waals surface area contributed by atoms with Crippen molar-refractivity contribution in [3.8, 4) is 34.5 Å². The summed E-state index contributed by atoms with van der Waals surface area (Å²) in [5.41, 5.74) is 8.36. The van der Waals surface area contributed by atoms with E-state index < -0.39 is 0 Å². The summed E-state index contributed by atoms with van der Waals surface area (Å²) in [5.74, 6) is 1.86. The highest BCUT2D eigenvalue weighted by atomic mass is 79.9. The first-order valence-corrected chi connectivity index (χ1v) is 26.9. The zero-order valence-corrected chi connectivity index (χ0v) is 46.6. The molecule has 2 aromatic heterocycles. The maximum Gasteiger partial charge on any atom is 0.369 e. The number of aromatic nitrogens is 2. The predicted molar refractivity (Wildman–Crippen MR) is 308 cm³/mol. The number of halogens is 5. The number of pyridine rings is 2. The van der Waals surface area contributed by atoms with Gasteiger partial charge in [0.1, 0.15) is 23.0 Å². The lowest BCUT2D eigenvalue weighted by Crippen LogP contribution is -2.23. The van der Waals surface area contributed by atoms with Gasteiger partial charge >= 0.3 is 3.18 Å². The molecule has 6 aromatic carbocycles. The summed E-state index contributed by atoms with van der Waals surface area (Å²) in [5, 5.41) is 21.0. The second kappa shape index (κ2) is 28.1. The summed E-state index contributed by atoms with van der Waals surface area (Å²) >= 11 is 18.8. The van der Waals surface area contributed by atoms with Gasteiger partial charge in [-0.1, -0.05) is 60.7 Å². The lowest BCUT2D eigenvalue weighted by molar-refractivity contribution is 0.0943. The summed E-state index contributed by atoms with van der Waals surface area (Å²) in [7, 11) is 1.65. The molecule has 0 unspecified atom stereocenters. The van der Waals surface area contributed by atoms with Crippen LogP contribution >= 0.6 is 70.5 Å². The van der Waals surface area contributed by atoms with Gasteiger partial charge in [-0.05, 0) is 119 Å². The van der Waals surface area contributed by atoms with Gasteiger partial charge in [0.05, 0.1) is 35.0 Å². The van der Waals surface area contributed by atoms with Gasteiger partial charge in [0.2, 0.25) is 0 Å². The number of nitrogens with zero attached hydrogens (tertiary/aromatic N) is 2. The van der Waals surface area contributed by atoms with Crippen LogP contribution < -0.4 is 35.5 Å². The molecule has 0 atom stereocenters. The van der Waals surface area contributed by atoms with Crippen molar-refractivity contribution in [2.24, 2.45) is 0 Å². The third-order valence-electron chi connectivity index (χ3n) is 11.2. The number of nitrogens with one attached hydrogen (secondary N) is 4. The summed E-state index contributed by atoms with van der Waals surface area (Å²) < 4.78 is 17.2. The highest BCUT2D eigenvalue weighted by Crippen LogP contribution is 2.37. The SMILES string of the molecule is BrB(Br)Br.COc1ccc(Cc2ccc(CNC(=O)c3ccc4c(c3)NC(=O)c3ccccc3O4)cn2)cc1.ClCCl.O=C(NCc1ccc(Cc2ccc(O)cc2)nc1)c1ccc2c(c1)NC(=O)c1ccccc1O2. The Morgan fingerprint density at radius 2 is 0.974 bits per heavy atom. The molecule has 14 nitrogen and oxygen atoms in total. The average Bonchev–Trinajstić information content (AvgIpc) is 3.69. The summed E-state index contributed by atoms with van der Waals surface area (Å²) in [6.07, 6.45) is 4.86. The topological polar surface area (TPSA) is 190 Å². The smallest absolute Gasteiger partial charge is 0.369 e. The monoisotopic (exact) mass is 1250 g/mol. The van der Waals surface area contributed by atoms with E-state index in [2.05, 4.69) is 78.5 Å².